The van der Waals surface area contributed by atoms with Crippen molar-refractivity contribution in [2.45, 2.75) is 25.9 Å². The van der Waals surface area contributed by atoms with Crippen LogP contribution >= 0.6 is 0 Å². The van der Waals surface area contributed by atoms with Crippen molar-refractivity contribution in [3.63, 3.8) is 0 Å². The van der Waals surface area contributed by atoms with Crippen molar-refractivity contribution in [3.8, 4) is 5.82 Å². The van der Waals surface area contributed by atoms with E-state index >= 15 is 0 Å². The third-order valence-corrected chi connectivity index (χ3v) is 3.80. The Morgan fingerprint density at radius 3 is 3.14 bits per heavy atom. The van der Waals surface area contributed by atoms with Gasteiger partial charge in [0.25, 0.3) is 0 Å². The Balaban J connectivity index is 1.88. The second-order valence-corrected chi connectivity index (χ2v) is 5.03. The number of methoxy groups -OCH3 is 1. The van der Waals surface area contributed by atoms with Crippen LogP contribution in [0, 0.1) is 0 Å². The summed E-state index contributed by atoms with van der Waals surface area (Å²) < 4.78 is 8.62. The lowest BCUT2D eigenvalue weighted by Crippen LogP contribution is -2.33. The predicted octanol–water partition coefficient (Wildman–Crippen LogP) is 0.186. The van der Waals surface area contributed by atoms with E-state index in [2.05, 4.69) is 15.4 Å². The zero-order chi connectivity index (χ0) is 14.8. The summed E-state index contributed by atoms with van der Waals surface area (Å²) in [6, 6.07) is 1.86. The molecule has 8 heteroatoms. The molecule has 1 aliphatic heterocycles. The van der Waals surface area contributed by atoms with E-state index in [0.717, 1.165) is 30.0 Å². The number of ether oxygens (including phenoxy) is 1. The van der Waals surface area contributed by atoms with E-state index < -0.39 is 0 Å². The Hall–Kier alpha value is -2.22. The molecule has 2 aromatic heterocycles. The predicted molar refractivity (Wildman–Crippen MR) is 73.9 cm³/mol. The third-order valence-electron chi connectivity index (χ3n) is 3.80. The Labute approximate surface area is 122 Å². The molecule has 1 atom stereocenters. The number of hydrogen-bond donors (Lipinski definition) is 0. The number of hydrogen-bond acceptors (Lipinski definition) is 5. The van der Waals surface area contributed by atoms with Crippen molar-refractivity contribution in [2.75, 3.05) is 20.3 Å². The fourth-order valence-electron chi connectivity index (χ4n) is 2.56. The Bertz CT molecular complexity index is 634. The smallest absolute Gasteiger partial charge is 0.210 e. The maximum atomic E-state index is 11.0. The number of amides is 1. The van der Waals surface area contributed by atoms with E-state index in [1.165, 1.54) is 0 Å². The van der Waals surface area contributed by atoms with Gasteiger partial charge in [-0.3, -0.25) is 9.48 Å². The van der Waals surface area contributed by atoms with Crippen molar-refractivity contribution in [1.82, 2.24) is 29.7 Å². The van der Waals surface area contributed by atoms with Crippen molar-refractivity contribution in [1.29, 1.82) is 0 Å². The minimum absolute atomic E-state index is 0.0458. The van der Waals surface area contributed by atoms with Gasteiger partial charge in [-0.2, -0.15) is 9.78 Å². The molecule has 112 valence electrons. The van der Waals surface area contributed by atoms with Gasteiger partial charge in [-0.1, -0.05) is 5.21 Å². The van der Waals surface area contributed by atoms with E-state index in [4.69, 9.17) is 4.74 Å². The second-order valence-electron chi connectivity index (χ2n) is 5.03. The lowest BCUT2D eigenvalue weighted by molar-refractivity contribution is -0.120. The van der Waals surface area contributed by atoms with Crippen LogP contribution in [0.15, 0.2) is 12.3 Å². The third kappa shape index (κ3) is 2.42. The van der Waals surface area contributed by atoms with E-state index in [1.54, 1.807) is 16.7 Å². The van der Waals surface area contributed by atoms with Gasteiger partial charge in [-0.25, -0.2) is 0 Å². The molecule has 8 nitrogen and oxygen atoms in total. The molecule has 0 N–H and O–H groups in total. The van der Waals surface area contributed by atoms with Gasteiger partial charge >= 0.3 is 0 Å². The fourth-order valence-corrected chi connectivity index (χ4v) is 2.56. The highest BCUT2D eigenvalue weighted by Gasteiger charge is 2.28. The van der Waals surface area contributed by atoms with E-state index in [0.29, 0.717) is 19.7 Å². The monoisotopic (exact) mass is 290 g/mol. The number of aromatic nitrogens is 5. The molecule has 3 heterocycles. The second kappa shape index (κ2) is 5.65. The summed E-state index contributed by atoms with van der Waals surface area (Å²) >= 11 is 0. The summed E-state index contributed by atoms with van der Waals surface area (Å²) in [4.78, 5) is 12.7. The molecule has 0 saturated carbocycles. The molecular weight excluding hydrogens is 272 g/mol. The van der Waals surface area contributed by atoms with Gasteiger partial charge in [0.05, 0.1) is 24.9 Å². The Morgan fingerprint density at radius 1 is 1.52 bits per heavy atom. The van der Waals surface area contributed by atoms with Crippen LogP contribution in [0.5, 0.6) is 0 Å². The van der Waals surface area contributed by atoms with Gasteiger partial charge in [-0.05, 0) is 6.92 Å². The van der Waals surface area contributed by atoms with Crippen LogP contribution in [-0.2, 0) is 22.5 Å². The molecule has 21 heavy (non-hydrogen) atoms. The SMILES string of the molecule is COCCn1ccc(-n2nnc3c2CCN(C=O)C3C)n1. The Kier molecular flexibility index (Phi) is 3.70. The first-order valence-electron chi connectivity index (χ1n) is 6.93. The lowest BCUT2D eigenvalue weighted by Gasteiger charge is -2.28. The van der Waals surface area contributed by atoms with E-state index in [9.17, 15) is 4.79 Å². The average molecular weight is 290 g/mol. The number of fused-ring (bicyclic) bond motifs is 1. The van der Waals surface area contributed by atoms with E-state index in [-0.39, 0.29) is 6.04 Å². The van der Waals surface area contributed by atoms with Crippen LogP contribution in [0.3, 0.4) is 0 Å². The van der Waals surface area contributed by atoms with Crippen LogP contribution < -0.4 is 0 Å². The number of carbonyl (C=O) groups is 1. The molecule has 2 aromatic rings. The van der Waals surface area contributed by atoms with Crippen molar-refractivity contribution < 1.29 is 9.53 Å². The zero-order valence-corrected chi connectivity index (χ0v) is 12.1. The van der Waals surface area contributed by atoms with Crippen LogP contribution in [0.4, 0.5) is 0 Å². The molecule has 0 bridgehead atoms. The van der Waals surface area contributed by atoms with Crippen molar-refractivity contribution >= 4 is 6.41 Å². The summed E-state index contributed by atoms with van der Waals surface area (Å²) in [5, 5.41) is 12.9. The quantitative estimate of drug-likeness (QED) is 0.734. The molecule has 0 saturated heterocycles. The molecule has 0 radical (unpaired) electrons. The molecule has 3 rings (SSSR count). The first-order valence-corrected chi connectivity index (χ1v) is 6.93. The maximum absolute atomic E-state index is 11.0. The van der Waals surface area contributed by atoms with Gasteiger partial charge < -0.3 is 9.64 Å². The van der Waals surface area contributed by atoms with Gasteiger partial charge in [0, 0.05) is 32.3 Å². The standard InChI is InChI=1S/C13H18N6O2/c1-10-13-11(3-5-17(10)9-20)19(16-14-13)12-4-6-18(15-12)7-8-21-2/h4,6,9-10H,3,5,7-8H2,1-2H3. The summed E-state index contributed by atoms with van der Waals surface area (Å²) in [5.41, 5.74) is 1.87. The highest BCUT2D eigenvalue weighted by atomic mass is 16.5. The fraction of sp³-hybridized carbons (Fsp3) is 0.538. The number of carbonyl (C=O) groups excluding carboxylic acids is 1. The number of nitrogens with zero attached hydrogens (tertiary/aromatic N) is 6. The van der Waals surface area contributed by atoms with Gasteiger partial charge in [0.1, 0.15) is 5.69 Å². The summed E-state index contributed by atoms with van der Waals surface area (Å²) in [6.45, 7) is 3.95. The van der Waals surface area contributed by atoms with Gasteiger partial charge in [0.15, 0.2) is 5.82 Å². The Morgan fingerprint density at radius 2 is 2.38 bits per heavy atom. The zero-order valence-electron chi connectivity index (χ0n) is 12.1. The van der Waals surface area contributed by atoms with Crippen LogP contribution in [0.1, 0.15) is 24.4 Å². The summed E-state index contributed by atoms with van der Waals surface area (Å²) in [7, 11) is 1.67. The summed E-state index contributed by atoms with van der Waals surface area (Å²) in [5.74, 6) is 0.742. The van der Waals surface area contributed by atoms with Crippen LogP contribution in [0.2, 0.25) is 0 Å². The first kappa shape index (κ1) is 13.7. The molecule has 1 amide bonds. The normalized spacial score (nSPS) is 17.8. The summed E-state index contributed by atoms with van der Waals surface area (Å²) in [6.07, 6.45) is 3.49. The molecular formula is C13H18N6O2. The topological polar surface area (TPSA) is 78.1 Å². The van der Waals surface area contributed by atoms with Crippen molar-refractivity contribution in [2.24, 2.45) is 0 Å². The maximum Gasteiger partial charge on any atom is 0.210 e. The lowest BCUT2D eigenvalue weighted by atomic mass is 10.1. The highest BCUT2D eigenvalue weighted by Crippen LogP contribution is 2.27. The first-order chi connectivity index (χ1) is 10.2. The van der Waals surface area contributed by atoms with Gasteiger partial charge in [0.2, 0.25) is 6.41 Å². The number of rotatable bonds is 5. The molecule has 0 spiro atoms. The van der Waals surface area contributed by atoms with Crippen LogP contribution in [-0.4, -0.2) is 56.3 Å². The molecule has 0 aliphatic carbocycles. The molecule has 0 aromatic carbocycles. The van der Waals surface area contributed by atoms with Crippen molar-refractivity contribution in [3.05, 3.63) is 23.7 Å². The van der Waals surface area contributed by atoms with Crippen LogP contribution in [0.25, 0.3) is 5.82 Å². The minimum atomic E-state index is -0.0458. The largest absolute Gasteiger partial charge is 0.383 e. The molecule has 1 unspecified atom stereocenters. The minimum Gasteiger partial charge on any atom is -0.383 e. The highest BCUT2D eigenvalue weighted by molar-refractivity contribution is 5.49. The van der Waals surface area contributed by atoms with Gasteiger partial charge in [-0.15, -0.1) is 5.10 Å². The average Bonchev–Trinajstić information content (AvgIpc) is 3.12. The molecule has 1 aliphatic rings. The molecule has 0 fully saturated rings. The van der Waals surface area contributed by atoms with E-state index in [1.807, 2.05) is 23.9 Å².